The van der Waals surface area contributed by atoms with Gasteiger partial charge in [0.2, 0.25) is 0 Å². The van der Waals surface area contributed by atoms with Crippen LogP contribution in [0.2, 0.25) is 0 Å². The third kappa shape index (κ3) is 3.32. The van der Waals surface area contributed by atoms with Gasteiger partial charge in [-0.15, -0.1) is 0 Å². The highest BCUT2D eigenvalue weighted by atomic mass is 15.1. The summed E-state index contributed by atoms with van der Waals surface area (Å²) in [7, 11) is 0. The molecule has 20 heavy (non-hydrogen) atoms. The summed E-state index contributed by atoms with van der Waals surface area (Å²) in [6.45, 7) is 5.90. The number of pyridine rings is 1. The molecule has 1 saturated carbocycles. The topological polar surface area (TPSA) is 28.2 Å². The predicted octanol–water partition coefficient (Wildman–Crippen LogP) is 3.22. The monoisotopic (exact) mass is 273 g/mol. The van der Waals surface area contributed by atoms with Gasteiger partial charge in [0.25, 0.3) is 0 Å². The fourth-order valence-electron chi connectivity index (χ4n) is 3.48. The Hall–Kier alpha value is -1.09. The van der Waals surface area contributed by atoms with Crippen molar-refractivity contribution in [2.75, 3.05) is 24.5 Å². The Morgan fingerprint density at radius 1 is 1.25 bits per heavy atom. The lowest BCUT2D eigenvalue weighted by molar-refractivity contribution is 0.350. The van der Waals surface area contributed by atoms with E-state index in [-0.39, 0.29) is 0 Å². The average molecular weight is 273 g/mol. The molecule has 1 aromatic rings. The molecular formula is C17H27N3. The number of rotatable bonds is 6. The number of hydrogen-bond acceptors (Lipinski definition) is 3. The van der Waals surface area contributed by atoms with Gasteiger partial charge in [0, 0.05) is 43.8 Å². The molecule has 0 radical (unpaired) electrons. The molecule has 1 aliphatic heterocycles. The molecule has 2 fully saturated rings. The van der Waals surface area contributed by atoms with Crippen LogP contribution in [0.25, 0.3) is 0 Å². The Kier molecular flexibility index (Phi) is 4.25. The van der Waals surface area contributed by atoms with Crippen LogP contribution in [0.15, 0.2) is 24.5 Å². The van der Waals surface area contributed by atoms with E-state index in [9.17, 15) is 0 Å². The number of nitrogens with one attached hydrogen (secondary N) is 1. The number of nitrogens with zero attached hydrogens (tertiary/aromatic N) is 2. The highest BCUT2D eigenvalue weighted by Crippen LogP contribution is 2.49. The second-order valence-electron chi connectivity index (χ2n) is 6.60. The van der Waals surface area contributed by atoms with Gasteiger partial charge in [0.15, 0.2) is 0 Å². The van der Waals surface area contributed by atoms with E-state index in [2.05, 4.69) is 34.3 Å². The Morgan fingerprint density at radius 2 is 1.95 bits per heavy atom. The second-order valence-corrected chi connectivity index (χ2v) is 6.60. The van der Waals surface area contributed by atoms with E-state index in [0.717, 1.165) is 6.04 Å². The van der Waals surface area contributed by atoms with Gasteiger partial charge >= 0.3 is 0 Å². The average Bonchev–Trinajstić information content (AvgIpc) is 3.27. The molecule has 3 nitrogen and oxygen atoms in total. The molecule has 1 aliphatic carbocycles. The first-order valence-electron chi connectivity index (χ1n) is 8.20. The van der Waals surface area contributed by atoms with Gasteiger partial charge in [-0.3, -0.25) is 4.98 Å². The van der Waals surface area contributed by atoms with Gasteiger partial charge in [-0.05, 0) is 49.7 Å². The maximum atomic E-state index is 4.10. The molecule has 3 rings (SSSR count). The van der Waals surface area contributed by atoms with Crippen molar-refractivity contribution in [2.45, 2.75) is 51.5 Å². The van der Waals surface area contributed by atoms with Crippen LogP contribution in [0.4, 0.5) is 5.69 Å². The molecule has 2 heterocycles. The van der Waals surface area contributed by atoms with Gasteiger partial charge in [-0.2, -0.15) is 0 Å². The molecule has 0 amide bonds. The van der Waals surface area contributed by atoms with Crippen LogP contribution < -0.4 is 10.2 Å². The molecular weight excluding hydrogens is 246 g/mol. The lowest BCUT2D eigenvalue weighted by atomic mass is 9.98. The maximum Gasteiger partial charge on any atom is 0.0397 e. The number of piperidine rings is 1. The molecule has 0 atom stereocenters. The molecule has 1 N–H and O–H groups in total. The predicted molar refractivity (Wildman–Crippen MR) is 84.0 cm³/mol. The Morgan fingerprint density at radius 3 is 2.55 bits per heavy atom. The molecule has 2 aliphatic rings. The van der Waals surface area contributed by atoms with Crippen LogP contribution >= 0.6 is 0 Å². The highest BCUT2D eigenvalue weighted by molar-refractivity contribution is 5.44. The standard InChI is InChI=1S/C17H27N3/c1-2-7-17(8-9-17)14-19-15-5-12-20(13-6-15)16-3-10-18-11-4-16/h3-4,10-11,15,19H,2,5-9,12-14H2,1H3. The van der Waals surface area contributed by atoms with Crippen molar-refractivity contribution in [2.24, 2.45) is 5.41 Å². The Balaban J connectivity index is 1.43. The van der Waals surface area contributed by atoms with Crippen molar-refractivity contribution >= 4 is 5.69 Å². The normalized spacial score (nSPS) is 21.9. The van der Waals surface area contributed by atoms with E-state index < -0.39 is 0 Å². The van der Waals surface area contributed by atoms with Gasteiger partial charge in [-0.1, -0.05) is 13.3 Å². The molecule has 1 saturated heterocycles. The first kappa shape index (κ1) is 13.9. The fraction of sp³-hybridized carbons (Fsp3) is 0.706. The van der Waals surface area contributed by atoms with Gasteiger partial charge in [0.05, 0.1) is 0 Å². The third-order valence-corrected chi connectivity index (χ3v) is 5.03. The summed E-state index contributed by atoms with van der Waals surface area (Å²) in [6.07, 6.45) is 12.0. The fourth-order valence-corrected chi connectivity index (χ4v) is 3.48. The minimum absolute atomic E-state index is 0.678. The molecule has 0 aromatic carbocycles. The Labute approximate surface area is 122 Å². The maximum absolute atomic E-state index is 4.10. The number of aromatic nitrogens is 1. The Bertz CT molecular complexity index is 406. The largest absolute Gasteiger partial charge is 0.371 e. The quantitative estimate of drug-likeness (QED) is 0.862. The van der Waals surface area contributed by atoms with Gasteiger partial charge in [0.1, 0.15) is 0 Å². The van der Waals surface area contributed by atoms with Gasteiger partial charge in [-0.25, -0.2) is 0 Å². The van der Waals surface area contributed by atoms with Crippen molar-refractivity contribution in [3.8, 4) is 0 Å². The number of anilines is 1. The molecule has 0 unspecified atom stereocenters. The zero-order valence-electron chi connectivity index (χ0n) is 12.6. The lowest BCUT2D eigenvalue weighted by Gasteiger charge is -2.34. The minimum atomic E-state index is 0.678. The summed E-state index contributed by atoms with van der Waals surface area (Å²) >= 11 is 0. The van der Waals surface area contributed by atoms with E-state index >= 15 is 0 Å². The van der Waals surface area contributed by atoms with Crippen molar-refractivity contribution < 1.29 is 0 Å². The minimum Gasteiger partial charge on any atom is -0.371 e. The van der Waals surface area contributed by atoms with Crippen LogP contribution in [-0.4, -0.2) is 30.7 Å². The van der Waals surface area contributed by atoms with E-state index in [1.165, 1.54) is 63.8 Å². The van der Waals surface area contributed by atoms with Gasteiger partial charge < -0.3 is 10.2 Å². The molecule has 1 aromatic heterocycles. The van der Waals surface area contributed by atoms with E-state index in [1.54, 1.807) is 0 Å². The van der Waals surface area contributed by atoms with Crippen molar-refractivity contribution in [1.82, 2.24) is 10.3 Å². The highest BCUT2D eigenvalue weighted by Gasteiger charge is 2.41. The van der Waals surface area contributed by atoms with Crippen LogP contribution in [-0.2, 0) is 0 Å². The first-order chi connectivity index (χ1) is 9.81. The van der Waals surface area contributed by atoms with E-state index in [1.807, 2.05) is 12.4 Å². The SMILES string of the molecule is CCCC1(CNC2CCN(c3ccncc3)CC2)CC1. The third-order valence-electron chi connectivity index (χ3n) is 5.03. The van der Waals surface area contributed by atoms with Crippen molar-refractivity contribution in [3.63, 3.8) is 0 Å². The summed E-state index contributed by atoms with van der Waals surface area (Å²) < 4.78 is 0. The van der Waals surface area contributed by atoms with Crippen LogP contribution in [0, 0.1) is 5.41 Å². The van der Waals surface area contributed by atoms with E-state index in [4.69, 9.17) is 0 Å². The van der Waals surface area contributed by atoms with E-state index in [0.29, 0.717) is 5.41 Å². The number of hydrogen-bond donors (Lipinski definition) is 1. The molecule has 110 valence electrons. The molecule has 0 bridgehead atoms. The summed E-state index contributed by atoms with van der Waals surface area (Å²) in [5.41, 5.74) is 2.00. The molecule has 0 spiro atoms. The van der Waals surface area contributed by atoms with Crippen LogP contribution in [0.1, 0.15) is 45.4 Å². The van der Waals surface area contributed by atoms with Crippen LogP contribution in [0.3, 0.4) is 0 Å². The second kappa shape index (κ2) is 6.13. The van der Waals surface area contributed by atoms with Crippen molar-refractivity contribution in [3.05, 3.63) is 24.5 Å². The summed E-state index contributed by atoms with van der Waals surface area (Å²) in [5, 5.41) is 3.84. The summed E-state index contributed by atoms with van der Waals surface area (Å²) in [6, 6.07) is 4.96. The lowest BCUT2D eigenvalue weighted by Crippen LogP contribution is -2.44. The summed E-state index contributed by atoms with van der Waals surface area (Å²) in [4.78, 5) is 6.58. The van der Waals surface area contributed by atoms with Crippen molar-refractivity contribution in [1.29, 1.82) is 0 Å². The summed E-state index contributed by atoms with van der Waals surface area (Å²) in [5.74, 6) is 0. The first-order valence-corrected chi connectivity index (χ1v) is 8.20. The zero-order chi connectivity index (χ0) is 13.8. The van der Waals surface area contributed by atoms with Crippen LogP contribution in [0.5, 0.6) is 0 Å². The smallest absolute Gasteiger partial charge is 0.0397 e. The molecule has 3 heteroatoms. The zero-order valence-corrected chi connectivity index (χ0v) is 12.6.